The van der Waals surface area contributed by atoms with E-state index in [9.17, 15) is 4.79 Å². The maximum Gasteiger partial charge on any atom is 0.286 e. The topological polar surface area (TPSA) is 67.8 Å². The molecule has 0 aromatic rings. The molecule has 0 aromatic heterocycles. The van der Waals surface area contributed by atoms with Crippen LogP contribution in [-0.2, 0) is 14.3 Å². The number of aliphatic hydroxyl groups excluding tert-OH is 1. The summed E-state index contributed by atoms with van der Waals surface area (Å²) in [6.45, 7) is 3.53. The molecule has 0 saturated heterocycles. The number of rotatable bonds is 8. The van der Waals surface area contributed by atoms with Crippen molar-refractivity contribution in [2.75, 3.05) is 19.8 Å². The highest BCUT2D eigenvalue weighted by Gasteiger charge is 2.27. The largest absolute Gasteiger partial charge is 0.459 e. The molecule has 5 heteroatoms. The lowest BCUT2D eigenvalue weighted by molar-refractivity contribution is -0.148. The van der Waals surface area contributed by atoms with Gasteiger partial charge in [0.15, 0.2) is 5.76 Å². The van der Waals surface area contributed by atoms with Crippen LogP contribution in [-0.4, -0.2) is 37.1 Å². The molecule has 1 amide bonds. The van der Waals surface area contributed by atoms with Gasteiger partial charge in [0.2, 0.25) is 6.29 Å². The first-order valence-electron chi connectivity index (χ1n) is 7.58. The first kappa shape index (κ1) is 15.3. The first-order chi connectivity index (χ1) is 9.69. The van der Waals surface area contributed by atoms with Gasteiger partial charge in [-0.05, 0) is 43.6 Å². The van der Waals surface area contributed by atoms with E-state index in [0.29, 0.717) is 18.3 Å². The average Bonchev–Trinajstić information content (AvgIpc) is 3.24. The first-order valence-corrected chi connectivity index (χ1v) is 7.58. The minimum absolute atomic E-state index is 0.132. The zero-order valence-electron chi connectivity index (χ0n) is 12.1. The Hall–Kier alpha value is -1.07. The molecule has 0 radical (unpaired) electrons. The summed E-state index contributed by atoms with van der Waals surface area (Å²) in [5.74, 6) is 1.18. The minimum atomic E-state index is -0.352. The second-order valence-electron chi connectivity index (χ2n) is 5.75. The minimum Gasteiger partial charge on any atom is -0.459 e. The number of amides is 1. The summed E-state index contributed by atoms with van der Waals surface area (Å²) in [5, 5.41) is 11.6. The van der Waals surface area contributed by atoms with Gasteiger partial charge in [0.25, 0.3) is 5.91 Å². The van der Waals surface area contributed by atoms with Crippen LogP contribution in [0, 0.1) is 11.8 Å². The molecule has 20 heavy (non-hydrogen) atoms. The lowest BCUT2D eigenvalue weighted by Gasteiger charge is -2.27. The number of ether oxygens (including phenoxy) is 2. The van der Waals surface area contributed by atoms with Crippen molar-refractivity contribution in [2.24, 2.45) is 11.8 Å². The fourth-order valence-corrected chi connectivity index (χ4v) is 2.17. The maximum atomic E-state index is 12.0. The number of hydrogen-bond donors (Lipinski definition) is 2. The van der Waals surface area contributed by atoms with Gasteiger partial charge in [-0.1, -0.05) is 6.92 Å². The van der Waals surface area contributed by atoms with Crippen LogP contribution in [0.5, 0.6) is 0 Å². The van der Waals surface area contributed by atoms with E-state index in [1.807, 2.05) is 6.08 Å². The summed E-state index contributed by atoms with van der Waals surface area (Å²) in [6, 6.07) is 0. The molecule has 2 N–H and O–H groups in total. The van der Waals surface area contributed by atoms with E-state index < -0.39 is 0 Å². The number of allylic oxidation sites excluding steroid dienone is 1. The number of carbonyl (C=O) groups excluding carboxylic acids is 1. The maximum absolute atomic E-state index is 12.0. The van der Waals surface area contributed by atoms with Crippen LogP contribution >= 0.6 is 0 Å². The Bertz CT molecular complexity index is 352. The fraction of sp³-hybridized carbons (Fsp3) is 0.800. The summed E-state index contributed by atoms with van der Waals surface area (Å²) in [4.78, 5) is 12.0. The second-order valence-corrected chi connectivity index (χ2v) is 5.75. The summed E-state index contributed by atoms with van der Waals surface area (Å²) < 4.78 is 11.2. The fourth-order valence-electron chi connectivity index (χ4n) is 2.17. The van der Waals surface area contributed by atoms with E-state index >= 15 is 0 Å². The Morgan fingerprint density at radius 2 is 2.30 bits per heavy atom. The lowest BCUT2D eigenvalue weighted by atomic mass is 10.0. The second kappa shape index (κ2) is 7.64. The van der Waals surface area contributed by atoms with Crippen LogP contribution < -0.4 is 5.32 Å². The van der Waals surface area contributed by atoms with Crippen molar-refractivity contribution in [1.82, 2.24) is 5.32 Å². The van der Waals surface area contributed by atoms with E-state index in [1.165, 1.54) is 12.8 Å². The molecular formula is C15H25NO4. The van der Waals surface area contributed by atoms with Gasteiger partial charge < -0.3 is 19.9 Å². The molecule has 2 rings (SSSR count). The van der Waals surface area contributed by atoms with Crippen LogP contribution in [0.2, 0.25) is 0 Å². The highest BCUT2D eigenvalue weighted by Crippen LogP contribution is 2.28. The number of nitrogens with one attached hydrogen (secondary N) is 1. The van der Waals surface area contributed by atoms with Crippen molar-refractivity contribution in [1.29, 1.82) is 0 Å². The molecule has 1 fully saturated rings. The molecule has 0 bridgehead atoms. The van der Waals surface area contributed by atoms with Crippen LogP contribution in [0.4, 0.5) is 0 Å². The van der Waals surface area contributed by atoms with Crippen molar-refractivity contribution in [3.8, 4) is 0 Å². The van der Waals surface area contributed by atoms with Crippen molar-refractivity contribution in [3.63, 3.8) is 0 Å². The molecule has 5 nitrogen and oxygen atoms in total. The standard InChI is InChI=1S/C15H25NO4/c1-11-8-13(15(18)16-10-12-4-5-12)20-14(9-11)19-7-3-2-6-17/h8,11-12,14,17H,2-7,9-10H2,1H3,(H,16,18)/t11-,14+/m0/s1. The van der Waals surface area contributed by atoms with Gasteiger partial charge in [0.1, 0.15) is 0 Å². The van der Waals surface area contributed by atoms with Crippen LogP contribution in [0.15, 0.2) is 11.8 Å². The Balaban J connectivity index is 1.74. The van der Waals surface area contributed by atoms with E-state index in [0.717, 1.165) is 25.8 Å². The number of hydrogen-bond acceptors (Lipinski definition) is 4. The summed E-state index contributed by atoms with van der Waals surface area (Å²) in [6.07, 6.45) is 6.24. The SMILES string of the molecule is C[C@H]1C=C(C(=O)NCC2CC2)O[C@@H](OCCCCO)C1. The molecule has 0 unspecified atom stereocenters. The van der Waals surface area contributed by atoms with Gasteiger partial charge in [-0.15, -0.1) is 0 Å². The van der Waals surface area contributed by atoms with E-state index in [1.54, 1.807) is 0 Å². The van der Waals surface area contributed by atoms with Gasteiger partial charge in [-0.2, -0.15) is 0 Å². The van der Waals surface area contributed by atoms with Gasteiger partial charge in [0.05, 0.1) is 6.61 Å². The molecular weight excluding hydrogens is 258 g/mol. The quantitative estimate of drug-likeness (QED) is 0.664. The molecule has 1 aliphatic carbocycles. The van der Waals surface area contributed by atoms with E-state index in [4.69, 9.17) is 14.6 Å². The van der Waals surface area contributed by atoms with Crippen LogP contribution in [0.3, 0.4) is 0 Å². The van der Waals surface area contributed by atoms with Crippen molar-refractivity contribution < 1.29 is 19.4 Å². The summed E-state index contributed by atoms with van der Waals surface area (Å²) in [7, 11) is 0. The van der Waals surface area contributed by atoms with Gasteiger partial charge in [0, 0.05) is 19.6 Å². The predicted molar refractivity (Wildman–Crippen MR) is 74.7 cm³/mol. The molecule has 1 aliphatic heterocycles. The van der Waals surface area contributed by atoms with Crippen molar-refractivity contribution >= 4 is 5.91 Å². The highest BCUT2D eigenvalue weighted by molar-refractivity contribution is 5.91. The molecule has 0 aromatic carbocycles. The highest BCUT2D eigenvalue weighted by atomic mass is 16.7. The molecule has 0 spiro atoms. The van der Waals surface area contributed by atoms with Crippen molar-refractivity contribution in [2.45, 2.75) is 45.3 Å². The summed E-state index contributed by atoms with van der Waals surface area (Å²) in [5.41, 5.74) is 0. The average molecular weight is 283 g/mol. The normalized spacial score (nSPS) is 25.8. The smallest absolute Gasteiger partial charge is 0.286 e. The zero-order chi connectivity index (χ0) is 14.4. The molecule has 1 heterocycles. The number of carbonyl (C=O) groups is 1. The number of unbranched alkanes of at least 4 members (excludes halogenated alkanes) is 1. The molecule has 114 valence electrons. The third-order valence-corrected chi connectivity index (χ3v) is 3.59. The van der Waals surface area contributed by atoms with E-state index in [-0.39, 0.29) is 24.7 Å². The van der Waals surface area contributed by atoms with Crippen LogP contribution in [0.25, 0.3) is 0 Å². The predicted octanol–water partition coefficient (Wildman–Crippen LogP) is 1.57. The van der Waals surface area contributed by atoms with Crippen molar-refractivity contribution in [3.05, 3.63) is 11.8 Å². The summed E-state index contributed by atoms with van der Waals surface area (Å²) >= 11 is 0. The van der Waals surface area contributed by atoms with Gasteiger partial charge in [-0.3, -0.25) is 4.79 Å². The number of aliphatic hydroxyl groups is 1. The third-order valence-electron chi connectivity index (χ3n) is 3.59. The zero-order valence-corrected chi connectivity index (χ0v) is 12.1. The van der Waals surface area contributed by atoms with E-state index in [2.05, 4.69) is 12.2 Å². The monoisotopic (exact) mass is 283 g/mol. The molecule has 1 saturated carbocycles. The van der Waals surface area contributed by atoms with Gasteiger partial charge >= 0.3 is 0 Å². The third kappa shape index (κ3) is 5.13. The molecule has 2 atom stereocenters. The Morgan fingerprint density at radius 1 is 1.50 bits per heavy atom. The lowest BCUT2D eigenvalue weighted by Crippen LogP contribution is -2.33. The van der Waals surface area contributed by atoms with Gasteiger partial charge in [-0.25, -0.2) is 0 Å². The Kier molecular flexibility index (Phi) is 5.86. The Morgan fingerprint density at radius 3 is 3.00 bits per heavy atom. The molecule has 2 aliphatic rings. The Labute approximate surface area is 120 Å². The van der Waals surface area contributed by atoms with Crippen LogP contribution in [0.1, 0.15) is 39.0 Å².